The normalized spacial score (nSPS) is 18.3. The average Bonchev–Trinajstić information content (AvgIpc) is 3.04. The van der Waals surface area contributed by atoms with Gasteiger partial charge >= 0.3 is 0 Å². The van der Waals surface area contributed by atoms with Crippen LogP contribution in [0.5, 0.6) is 0 Å². The molecule has 0 bridgehead atoms. The molecular weight excluding hydrogens is 318 g/mol. The van der Waals surface area contributed by atoms with Crippen molar-refractivity contribution in [1.82, 2.24) is 29.9 Å². The van der Waals surface area contributed by atoms with Crippen LogP contribution in [0.4, 0.5) is 0 Å². The molecule has 1 aromatic rings. The van der Waals surface area contributed by atoms with E-state index in [0.29, 0.717) is 5.92 Å². The molecule has 1 unspecified atom stereocenters. The molecule has 0 radical (unpaired) electrons. The number of carbonyl (C=O) groups excluding carboxylic acids is 1. The second-order valence-corrected chi connectivity index (χ2v) is 6.84. The third kappa shape index (κ3) is 5.72. The van der Waals surface area contributed by atoms with Gasteiger partial charge in [-0.15, -0.1) is 10.2 Å². The summed E-state index contributed by atoms with van der Waals surface area (Å²) in [4.78, 5) is 20.3. The summed E-state index contributed by atoms with van der Waals surface area (Å²) in [5.41, 5.74) is 0. The lowest BCUT2D eigenvalue weighted by atomic mass is 10.0. The van der Waals surface area contributed by atoms with E-state index in [4.69, 9.17) is 0 Å². The van der Waals surface area contributed by atoms with Gasteiger partial charge < -0.3 is 19.7 Å². The van der Waals surface area contributed by atoms with Crippen molar-refractivity contribution in [1.29, 1.82) is 0 Å². The molecule has 1 saturated heterocycles. The van der Waals surface area contributed by atoms with E-state index in [2.05, 4.69) is 43.8 Å². The molecule has 1 aliphatic heterocycles. The maximum atomic E-state index is 11.9. The van der Waals surface area contributed by atoms with E-state index in [1.807, 2.05) is 0 Å². The molecule has 140 valence electrons. The van der Waals surface area contributed by atoms with Gasteiger partial charge in [0.1, 0.15) is 18.7 Å². The van der Waals surface area contributed by atoms with Crippen molar-refractivity contribution in [2.45, 2.75) is 39.7 Å². The maximum absolute atomic E-state index is 11.9. The molecule has 8 nitrogen and oxygen atoms in total. The summed E-state index contributed by atoms with van der Waals surface area (Å²) in [5.74, 6) is 2.47. The second kappa shape index (κ2) is 9.39. The van der Waals surface area contributed by atoms with Crippen LogP contribution < -0.4 is 5.32 Å². The molecular formula is C17H31N7O. The van der Waals surface area contributed by atoms with Crippen LogP contribution in [0, 0.1) is 5.92 Å². The molecule has 0 aliphatic carbocycles. The number of carbonyl (C=O) groups is 1. The van der Waals surface area contributed by atoms with Crippen molar-refractivity contribution in [3.05, 3.63) is 12.2 Å². The zero-order chi connectivity index (χ0) is 18.2. The Morgan fingerprint density at radius 2 is 2.28 bits per heavy atom. The zero-order valence-corrected chi connectivity index (χ0v) is 15.9. The second-order valence-electron chi connectivity index (χ2n) is 6.84. The van der Waals surface area contributed by atoms with Crippen molar-refractivity contribution in [3.8, 4) is 0 Å². The Morgan fingerprint density at radius 3 is 2.96 bits per heavy atom. The van der Waals surface area contributed by atoms with Crippen molar-refractivity contribution >= 4 is 11.9 Å². The molecule has 1 aliphatic rings. The van der Waals surface area contributed by atoms with Crippen LogP contribution in [-0.2, 0) is 17.8 Å². The molecule has 1 aromatic heterocycles. The Bertz CT molecular complexity index is 581. The minimum absolute atomic E-state index is 0.0106. The number of guanidine groups is 1. The molecule has 8 heteroatoms. The monoisotopic (exact) mass is 349 g/mol. The molecule has 0 spiro atoms. The van der Waals surface area contributed by atoms with Crippen LogP contribution in [-0.4, -0.2) is 76.7 Å². The summed E-state index contributed by atoms with van der Waals surface area (Å²) in [6.45, 7) is 7.98. The predicted octanol–water partition coefficient (Wildman–Crippen LogP) is 0.606. The van der Waals surface area contributed by atoms with Gasteiger partial charge in [0, 0.05) is 46.7 Å². The van der Waals surface area contributed by atoms with Gasteiger partial charge in [-0.3, -0.25) is 4.79 Å². The van der Waals surface area contributed by atoms with Crippen LogP contribution in [0.3, 0.4) is 0 Å². The van der Waals surface area contributed by atoms with Crippen LogP contribution in [0.2, 0.25) is 0 Å². The van der Waals surface area contributed by atoms with Gasteiger partial charge in [0.15, 0.2) is 5.96 Å². The van der Waals surface area contributed by atoms with E-state index in [9.17, 15) is 4.79 Å². The minimum Gasteiger partial charge on any atom is -0.354 e. The number of likely N-dealkylation sites (N-methyl/N-ethyl adjacent to an activating group) is 1. The fraction of sp³-hybridized carbons (Fsp3) is 0.765. The lowest BCUT2D eigenvalue weighted by molar-refractivity contribution is -0.127. The van der Waals surface area contributed by atoms with Gasteiger partial charge in [-0.2, -0.15) is 0 Å². The number of likely N-dealkylation sites (tertiary alicyclic amines) is 1. The SMILES string of the molecule is CCc1nncn1CCNC(=NCC(=O)N(C)C)N1CCCC(C)C1. The third-order valence-corrected chi connectivity index (χ3v) is 4.47. The quantitative estimate of drug-likeness (QED) is 0.601. The number of nitrogens with one attached hydrogen (secondary N) is 1. The lowest BCUT2D eigenvalue weighted by Gasteiger charge is -2.33. The molecule has 1 fully saturated rings. The third-order valence-electron chi connectivity index (χ3n) is 4.47. The van der Waals surface area contributed by atoms with Crippen molar-refractivity contribution in [2.24, 2.45) is 10.9 Å². The standard InChI is InChI=1S/C17H31N7O/c1-5-15-21-20-13-24(15)10-8-18-17(19-11-16(25)22(3)4)23-9-6-7-14(2)12-23/h13-14H,5-12H2,1-4H3,(H,18,19). The highest BCUT2D eigenvalue weighted by molar-refractivity contribution is 5.84. The number of hydrogen-bond donors (Lipinski definition) is 1. The maximum Gasteiger partial charge on any atom is 0.243 e. The number of nitrogens with zero attached hydrogens (tertiary/aromatic N) is 6. The van der Waals surface area contributed by atoms with Crippen LogP contribution in [0.15, 0.2) is 11.3 Å². The Labute approximate surface area is 150 Å². The first-order chi connectivity index (χ1) is 12.0. The zero-order valence-electron chi connectivity index (χ0n) is 15.9. The first-order valence-electron chi connectivity index (χ1n) is 9.11. The van der Waals surface area contributed by atoms with Crippen LogP contribution in [0.25, 0.3) is 0 Å². The summed E-state index contributed by atoms with van der Waals surface area (Å²) in [6.07, 6.45) is 5.04. The summed E-state index contributed by atoms with van der Waals surface area (Å²) in [7, 11) is 3.51. The van der Waals surface area contributed by atoms with Crippen LogP contribution in [0.1, 0.15) is 32.5 Å². The van der Waals surface area contributed by atoms with Gasteiger partial charge in [0.25, 0.3) is 0 Å². The van der Waals surface area contributed by atoms with Crippen LogP contribution >= 0.6 is 0 Å². The van der Waals surface area contributed by atoms with E-state index in [1.165, 1.54) is 6.42 Å². The molecule has 1 amide bonds. The Hall–Kier alpha value is -2.12. The first kappa shape index (κ1) is 19.2. The number of piperidine rings is 1. The van der Waals surface area contributed by atoms with E-state index >= 15 is 0 Å². The number of aromatic nitrogens is 3. The van der Waals surface area contributed by atoms with E-state index in [1.54, 1.807) is 25.3 Å². The Morgan fingerprint density at radius 1 is 1.48 bits per heavy atom. The predicted molar refractivity (Wildman–Crippen MR) is 98.4 cm³/mol. The molecule has 2 heterocycles. The van der Waals surface area contributed by atoms with Crippen molar-refractivity contribution < 1.29 is 4.79 Å². The molecule has 1 atom stereocenters. The van der Waals surface area contributed by atoms with Gasteiger partial charge in [-0.05, 0) is 18.8 Å². The fourth-order valence-corrected chi connectivity index (χ4v) is 2.96. The van der Waals surface area contributed by atoms with Crippen molar-refractivity contribution in [2.75, 3.05) is 40.3 Å². The average molecular weight is 349 g/mol. The minimum atomic E-state index is 0.0106. The number of aliphatic imine (C=N–C) groups is 1. The number of aryl methyl sites for hydroxylation is 1. The van der Waals surface area contributed by atoms with E-state index in [-0.39, 0.29) is 12.5 Å². The smallest absolute Gasteiger partial charge is 0.243 e. The lowest BCUT2D eigenvalue weighted by Crippen LogP contribution is -2.47. The molecule has 2 rings (SSSR count). The molecule has 0 aromatic carbocycles. The van der Waals surface area contributed by atoms with E-state index in [0.717, 1.165) is 50.8 Å². The number of amides is 1. The topological polar surface area (TPSA) is 78.6 Å². The highest BCUT2D eigenvalue weighted by Crippen LogP contribution is 2.15. The van der Waals surface area contributed by atoms with E-state index < -0.39 is 0 Å². The highest BCUT2D eigenvalue weighted by atomic mass is 16.2. The van der Waals surface area contributed by atoms with Crippen molar-refractivity contribution in [3.63, 3.8) is 0 Å². The first-order valence-corrected chi connectivity index (χ1v) is 9.11. The van der Waals surface area contributed by atoms with Gasteiger partial charge in [-0.25, -0.2) is 4.99 Å². The Balaban J connectivity index is 1.98. The summed E-state index contributed by atoms with van der Waals surface area (Å²) < 4.78 is 2.05. The number of rotatable bonds is 6. The number of hydrogen-bond acceptors (Lipinski definition) is 4. The van der Waals surface area contributed by atoms with Gasteiger partial charge in [0.2, 0.25) is 5.91 Å². The van der Waals surface area contributed by atoms with Gasteiger partial charge in [-0.1, -0.05) is 13.8 Å². The Kier molecular flexibility index (Phi) is 7.21. The summed E-state index contributed by atoms with van der Waals surface area (Å²) in [5, 5.41) is 11.5. The summed E-state index contributed by atoms with van der Waals surface area (Å²) >= 11 is 0. The molecule has 0 saturated carbocycles. The summed E-state index contributed by atoms with van der Waals surface area (Å²) in [6, 6.07) is 0. The molecule has 25 heavy (non-hydrogen) atoms. The van der Waals surface area contributed by atoms with Gasteiger partial charge in [0.05, 0.1) is 0 Å². The largest absolute Gasteiger partial charge is 0.354 e. The fourth-order valence-electron chi connectivity index (χ4n) is 2.96. The highest BCUT2D eigenvalue weighted by Gasteiger charge is 2.20. The molecule has 1 N–H and O–H groups in total.